The van der Waals surface area contributed by atoms with Crippen molar-refractivity contribution in [1.82, 2.24) is 0 Å². The highest BCUT2D eigenvalue weighted by molar-refractivity contribution is 5.31. The molecule has 1 N–H and O–H groups in total. The highest BCUT2D eigenvalue weighted by Crippen LogP contribution is 2.76. The predicted octanol–water partition coefficient (Wildman–Crippen LogP) is 8.17. The Hall–Kier alpha value is -0.300. The minimum atomic E-state index is -0.119. The summed E-state index contributed by atoms with van der Waals surface area (Å²) in [6.07, 6.45) is 15.9. The molecule has 1 nitrogen and oxygen atoms in total. The SMILES string of the molecule is CC1(C)C=C2C3CCC4C5(C)CC[C@H](O)C(C)(C)C5CCC4(C)C3(C)CCC2(C)CC1. The van der Waals surface area contributed by atoms with E-state index in [9.17, 15) is 5.11 Å². The minimum absolute atomic E-state index is 0.0626. The number of aliphatic hydroxyl groups is 1. The molecule has 4 fully saturated rings. The lowest BCUT2D eigenvalue weighted by molar-refractivity contribution is -0.228. The number of hydrogen-bond acceptors (Lipinski definition) is 1. The fourth-order valence-corrected chi connectivity index (χ4v) is 10.6. The molecule has 7 unspecified atom stereocenters. The molecule has 5 aliphatic rings. The summed E-state index contributed by atoms with van der Waals surface area (Å²) in [5, 5.41) is 10.9. The van der Waals surface area contributed by atoms with E-state index in [1.54, 1.807) is 0 Å². The van der Waals surface area contributed by atoms with Crippen molar-refractivity contribution in [3.05, 3.63) is 11.6 Å². The summed E-state index contributed by atoms with van der Waals surface area (Å²) in [4.78, 5) is 0. The molecule has 0 aromatic carbocycles. The van der Waals surface area contributed by atoms with Crippen LogP contribution in [0.15, 0.2) is 11.6 Å². The summed E-state index contributed by atoms with van der Waals surface area (Å²) in [6, 6.07) is 0. The van der Waals surface area contributed by atoms with Gasteiger partial charge in [-0.25, -0.2) is 0 Å². The largest absolute Gasteiger partial charge is 0.393 e. The van der Waals surface area contributed by atoms with Gasteiger partial charge in [-0.2, -0.15) is 0 Å². The topological polar surface area (TPSA) is 20.2 Å². The van der Waals surface area contributed by atoms with Gasteiger partial charge in [0, 0.05) is 0 Å². The first-order valence-electron chi connectivity index (χ1n) is 13.6. The van der Waals surface area contributed by atoms with Gasteiger partial charge in [0.1, 0.15) is 0 Å². The zero-order valence-electron chi connectivity index (χ0n) is 21.9. The van der Waals surface area contributed by atoms with Crippen molar-refractivity contribution in [2.24, 2.45) is 50.2 Å². The molecule has 0 heterocycles. The summed E-state index contributed by atoms with van der Waals surface area (Å²) < 4.78 is 0. The predicted molar refractivity (Wildman–Crippen MR) is 131 cm³/mol. The van der Waals surface area contributed by atoms with Crippen LogP contribution in [0.4, 0.5) is 0 Å². The Morgan fingerprint density at radius 2 is 1.35 bits per heavy atom. The van der Waals surface area contributed by atoms with Crippen LogP contribution in [0.25, 0.3) is 0 Å². The van der Waals surface area contributed by atoms with Crippen LogP contribution in [0.2, 0.25) is 0 Å². The maximum Gasteiger partial charge on any atom is 0.0594 e. The maximum atomic E-state index is 10.9. The molecule has 0 spiro atoms. The van der Waals surface area contributed by atoms with Gasteiger partial charge < -0.3 is 5.11 Å². The van der Waals surface area contributed by atoms with Gasteiger partial charge in [0.2, 0.25) is 0 Å². The summed E-state index contributed by atoms with van der Waals surface area (Å²) in [6.45, 7) is 20.4. The van der Waals surface area contributed by atoms with Crippen LogP contribution in [-0.4, -0.2) is 11.2 Å². The lowest BCUT2D eigenvalue weighted by atomic mass is 9.32. The molecule has 0 saturated heterocycles. The number of aliphatic hydroxyl groups excluding tert-OH is 1. The molecule has 0 amide bonds. The van der Waals surface area contributed by atoms with E-state index in [-0.39, 0.29) is 11.5 Å². The van der Waals surface area contributed by atoms with Gasteiger partial charge in [0.15, 0.2) is 0 Å². The van der Waals surface area contributed by atoms with Crippen LogP contribution < -0.4 is 0 Å². The number of fused-ring (bicyclic) bond motifs is 7. The zero-order chi connectivity index (χ0) is 22.7. The van der Waals surface area contributed by atoms with E-state index < -0.39 is 0 Å². The Bertz CT molecular complexity index is 790. The monoisotopic (exact) mass is 426 g/mol. The first-order valence-corrected chi connectivity index (χ1v) is 13.6. The van der Waals surface area contributed by atoms with E-state index in [0.29, 0.717) is 33.0 Å². The highest BCUT2D eigenvalue weighted by Gasteiger charge is 2.68. The third-order valence-electron chi connectivity index (χ3n) is 13.0. The summed E-state index contributed by atoms with van der Waals surface area (Å²) in [5.41, 5.74) is 4.02. The highest BCUT2D eigenvalue weighted by atomic mass is 16.3. The van der Waals surface area contributed by atoms with Crippen LogP contribution in [0, 0.1) is 50.2 Å². The molecule has 5 aliphatic carbocycles. The van der Waals surface area contributed by atoms with Crippen molar-refractivity contribution in [1.29, 1.82) is 0 Å². The molecule has 0 radical (unpaired) electrons. The number of hydrogen-bond donors (Lipinski definition) is 1. The average Bonchev–Trinajstić information content (AvgIpc) is 2.67. The normalized spacial score (nSPS) is 55.2. The molecular formula is C30H50O. The van der Waals surface area contributed by atoms with Gasteiger partial charge in [0.25, 0.3) is 0 Å². The number of allylic oxidation sites excluding steroid dienone is 2. The second-order valence-corrected chi connectivity index (χ2v) is 15.1. The molecule has 1 heteroatoms. The van der Waals surface area contributed by atoms with Crippen molar-refractivity contribution in [2.45, 2.75) is 126 Å². The molecule has 176 valence electrons. The second-order valence-electron chi connectivity index (χ2n) is 15.1. The molecule has 0 aliphatic heterocycles. The van der Waals surface area contributed by atoms with Crippen LogP contribution in [0.3, 0.4) is 0 Å². The van der Waals surface area contributed by atoms with Crippen LogP contribution >= 0.6 is 0 Å². The van der Waals surface area contributed by atoms with Crippen molar-refractivity contribution in [3.8, 4) is 0 Å². The fourth-order valence-electron chi connectivity index (χ4n) is 10.6. The van der Waals surface area contributed by atoms with Gasteiger partial charge in [-0.05, 0) is 114 Å². The molecule has 8 atom stereocenters. The van der Waals surface area contributed by atoms with Gasteiger partial charge in [0.05, 0.1) is 6.10 Å². The Labute approximate surface area is 192 Å². The molecule has 0 aromatic heterocycles. The molecule has 0 bridgehead atoms. The minimum Gasteiger partial charge on any atom is -0.393 e. The maximum absolute atomic E-state index is 10.9. The Morgan fingerprint density at radius 3 is 2.06 bits per heavy atom. The first-order chi connectivity index (χ1) is 14.2. The van der Waals surface area contributed by atoms with Crippen molar-refractivity contribution in [3.63, 3.8) is 0 Å². The van der Waals surface area contributed by atoms with Crippen LogP contribution in [0.1, 0.15) is 120 Å². The lowest BCUT2D eigenvalue weighted by Crippen LogP contribution is -2.65. The van der Waals surface area contributed by atoms with Crippen molar-refractivity contribution in [2.75, 3.05) is 0 Å². The quantitative estimate of drug-likeness (QED) is 0.387. The molecule has 4 saturated carbocycles. The molecule has 0 aromatic rings. The van der Waals surface area contributed by atoms with Gasteiger partial charge >= 0.3 is 0 Å². The molecule has 31 heavy (non-hydrogen) atoms. The summed E-state index contributed by atoms with van der Waals surface area (Å²) >= 11 is 0. The van der Waals surface area contributed by atoms with E-state index in [4.69, 9.17) is 0 Å². The van der Waals surface area contributed by atoms with E-state index in [1.165, 1.54) is 57.8 Å². The molecule has 5 rings (SSSR count). The van der Waals surface area contributed by atoms with Gasteiger partial charge in [-0.15, -0.1) is 0 Å². The first kappa shape index (κ1) is 22.5. The average molecular weight is 427 g/mol. The third-order valence-corrected chi connectivity index (χ3v) is 13.0. The Kier molecular flexibility index (Phi) is 4.66. The second kappa shape index (κ2) is 6.43. The van der Waals surface area contributed by atoms with Gasteiger partial charge in [-0.1, -0.05) is 67.0 Å². The Balaban J connectivity index is 1.56. The van der Waals surface area contributed by atoms with Crippen molar-refractivity contribution < 1.29 is 5.11 Å². The standard InChI is InChI=1S/C30H50O/c1-25(2)15-16-27(5)17-18-29(7)20(21(27)19-25)9-10-23-28(6)13-12-24(31)26(3,4)22(28)11-14-30(23,29)8/h19-20,22-24,31H,9-18H2,1-8H3/t20?,22?,23?,24-,27?,28?,29?,30?/m0/s1. The van der Waals surface area contributed by atoms with Gasteiger partial charge in [-0.3, -0.25) is 0 Å². The van der Waals surface area contributed by atoms with Crippen LogP contribution in [-0.2, 0) is 0 Å². The van der Waals surface area contributed by atoms with E-state index >= 15 is 0 Å². The summed E-state index contributed by atoms with van der Waals surface area (Å²) in [7, 11) is 0. The summed E-state index contributed by atoms with van der Waals surface area (Å²) in [5.74, 6) is 2.27. The number of rotatable bonds is 0. The smallest absolute Gasteiger partial charge is 0.0594 e. The van der Waals surface area contributed by atoms with Crippen molar-refractivity contribution >= 4 is 0 Å². The molecular weight excluding hydrogens is 376 g/mol. The lowest BCUT2D eigenvalue weighted by Gasteiger charge is -2.72. The zero-order valence-corrected chi connectivity index (χ0v) is 21.9. The third kappa shape index (κ3) is 2.77. The van der Waals surface area contributed by atoms with Crippen LogP contribution in [0.5, 0.6) is 0 Å². The van der Waals surface area contributed by atoms with E-state index in [0.717, 1.165) is 18.3 Å². The fraction of sp³-hybridized carbons (Fsp3) is 0.933. The van der Waals surface area contributed by atoms with E-state index in [1.807, 2.05) is 5.57 Å². The van der Waals surface area contributed by atoms with E-state index in [2.05, 4.69) is 61.5 Å². The Morgan fingerprint density at radius 1 is 0.677 bits per heavy atom.